The lowest BCUT2D eigenvalue weighted by atomic mass is 10.1. The van der Waals surface area contributed by atoms with Crippen LogP contribution >= 0.6 is 0 Å². The highest BCUT2D eigenvalue weighted by Gasteiger charge is 2.31. The summed E-state index contributed by atoms with van der Waals surface area (Å²) in [6.45, 7) is 1.71. The summed E-state index contributed by atoms with van der Waals surface area (Å²) < 4.78 is 38.6. The van der Waals surface area contributed by atoms with E-state index in [-0.39, 0.29) is 12.6 Å². The first-order valence-electron chi connectivity index (χ1n) is 8.19. The molecular weight excluding hydrogens is 337 g/mol. The molecule has 1 atom stereocenters. The van der Waals surface area contributed by atoms with Gasteiger partial charge in [-0.2, -0.15) is 13.2 Å². The predicted molar refractivity (Wildman–Crippen MR) is 86.3 cm³/mol. The number of carboxylic acids is 1. The van der Waals surface area contributed by atoms with Crippen LogP contribution in [0.15, 0.2) is 18.2 Å². The van der Waals surface area contributed by atoms with Gasteiger partial charge in [-0.3, -0.25) is 14.6 Å². The Hall–Kier alpha value is -1.80. The Balaban J connectivity index is 2.00. The Morgan fingerprint density at radius 2 is 2.00 bits per heavy atom. The minimum Gasteiger partial charge on any atom is -0.508 e. The standard InChI is InChI=1S/C17H23F3N2O3/c1-21(11-16(24)25)14-3-2-5-22(6-4-14)10-12-7-13(17(18,19)20)9-15(23)8-12/h7-9,14,23H,2-6,10-11H2,1H3,(H,24,25). The third-order valence-electron chi connectivity index (χ3n) is 4.51. The smallest absolute Gasteiger partial charge is 0.416 e. The molecule has 1 heterocycles. The number of carboxylic acid groups (broad SMARTS) is 1. The molecule has 25 heavy (non-hydrogen) atoms. The fraction of sp³-hybridized carbons (Fsp3) is 0.588. The highest BCUT2D eigenvalue weighted by Crippen LogP contribution is 2.32. The molecule has 0 bridgehead atoms. The number of halogens is 3. The van der Waals surface area contributed by atoms with Gasteiger partial charge in [0.25, 0.3) is 0 Å². The van der Waals surface area contributed by atoms with Crippen LogP contribution in [0.4, 0.5) is 13.2 Å². The number of carbonyl (C=O) groups is 1. The van der Waals surface area contributed by atoms with Crippen molar-refractivity contribution < 1.29 is 28.2 Å². The number of likely N-dealkylation sites (tertiary alicyclic amines) is 1. The van der Waals surface area contributed by atoms with Crippen molar-refractivity contribution in [3.05, 3.63) is 29.3 Å². The zero-order chi connectivity index (χ0) is 18.6. The second-order valence-corrected chi connectivity index (χ2v) is 6.56. The monoisotopic (exact) mass is 360 g/mol. The average molecular weight is 360 g/mol. The van der Waals surface area contributed by atoms with Gasteiger partial charge < -0.3 is 10.2 Å². The topological polar surface area (TPSA) is 64.0 Å². The number of benzene rings is 1. The summed E-state index contributed by atoms with van der Waals surface area (Å²) in [5.41, 5.74) is -0.430. The number of hydrogen-bond acceptors (Lipinski definition) is 4. The molecule has 1 fully saturated rings. The van der Waals surface area contributed by atoms with Gasteiger partial charge in [0.05, 0.1) is 12.1 Å². The molecule has 0 aromatic heterocycles. The molecule has 2 rings (SSSR count). The normalized spacial score (nSPS) is 19.8. The second kappa shape index (κ2) is 8.05. The largest absolute Gasteiger partial charge is 0.508 e. The number of hydrogen-bond donors (Lipinski definition) is 2. The van der Waals surface area contributed by atoms with Crippen molar-refractivity contribution in [3.63, 3.8) is 0 Å². The van der Waals surface area contributed by atoms with Gasteiger partial charge in [-0.1, -0.05) is 0 Å². The lowest BCUT2D eigenvalue weighted by molar-refractivity contribution is -0.139. The molecule has 1 saturated heterocycles. The molecule has 1 unspecified atom stereocenters. The van der Waals surface area contributed by atoms with Crippen LogP contribution in [0.1, 0.15) is 30.4 Å². The van der Waals surface area contributed by atoms with Gasteiger partial charge >= 0.3 is 12.1 Å². The Morgan fingerprint density at radius 1 is 1.28 bits per heavy atom. The summed E-state index contributed by atoms with van der Waals surface area (Å²) in [5.74, 6) is -1.26. The summed E-state index contributed by atoms with van der Waals surface area (Å²) in [5, 5.41) is 18.4. The molecule has 1 aliphatic rings. The SMILES string of the molecule is CN(CC(=O)O)C1CCCN(Cc2cc(O)cc(C(F)(F)F)c2)CC1. The number of phenols is 1. The maximum Gasteiger partial charge on any atom is 0.416 e. The number of phenolic OH excluding ortho intramolecular Hbond substituents is 1. The first-order valence-corrected chi connectivity index (χ1v) is 8.19. The van der Waals surface area contributed by atoms with Crippen LogP contribution in [0.3, 0.4) is 0 Å². The van der Waals surface area contributed by atoms with E-state index >= 15 is 0 Å². The van der Waals surface area contributed by atoms with Crippen molar-refractivity contribution in [2.45, 2.75) is 38.0 Å². The minimum absolute atomic E-state index is 0.0217. The van der Waals surface area contributed by atoms with Crippen molar-refractivity contribution in [1.82, 2.24) is 9.80 Å². The van der Waals surface area contributed by atoms with E-state index in [1.54, 1.807) is 7.05 Å². The zero-order valence-electron chi connectivity index (χ0n) is 14.1. The van der Waals surface area contributed by atoms with Crippen LogP contribution in [-0.2, 0) is 17.5 Å². The third-order valence-corrected chi connectivity index (χ3v) is 4.51. The van der Waals surface area contributed by atoms with E-state index in [0.29, 0.717) is 18.7 Å². The summed E-state index contributed by atoms with van der Waals surface area (Å²) in [7, 11) is 1.78. The summed E-state index contributed by atoms with van der Waals surface area (Å²) in [6, 6.07) is 3.30. The number of likely N-dealkylation sites (N-methyl/N-ethyl adjacent to an activating group) is 1. The Morgan fingerprint density at radius 3 is 2.64 bits per heavy atom. The molecule has 8 heteroatoms. The van der Waals surface area contributed by atoms with E-state index in [4.69, 9.17) is 5.11 Å². The Labute approximate surface area is 144 Å². The van der Waals surface area contributed by atoms with Gasteiger partial charge in [-0.05, 0) is 63.2 Å². The van der Waals surface area contributed by atoms with Gasteiger partial charge in [0.1, 0.15) is 5.75 Å². The van der Waals surface area contributed by atoms with Crippen molar-refractivity contribution in [1.29, 1.82) is 0 Å². The lowest BCUT2D eigenvalue weighted by Crippen LogP contribution is -2.36. The number of aliphatic carboxylic acids is 1. The molecular formula is C17H23F3N2O3. The molecule has 0 aliphatic carbocycles. The molecule has 0 radical (unpaired) electrons. The van der Waals surface area contributed by atoms with E-state index < -0.39 is 23.5 Å². The Bertz CT molecular complexity index is 607. The Kier molecular flexibility index (Phi) is 6.29. The zero-order valence-corrected chi connectivity index (χ0v) is 14.1. The van der Waals surface area contributed by atoms with Crippen molar-refractivity contribution in [2.75, 3.05) is 26.7 Å². The van der Waals surface area contributed by atoms with Crippen molar-refractivity contribution in [3.8, 4) is 5.75 Å². The number of rotatable bonds is 5. The van der Waals surface area contributed by atoms with E-state index in [1.807, 2.05) is 9.80 Å². The summed E-state index contributed by atoms with van der Waals surface area (Å²) >= 11 is 0. The second-order valence-electron chi connectivity index (χ2n) is 6.56. The molecule has 1 aromatic carbocycles. The highest BCUT2D eigenvalue weighted by atomic mass is 19.4. The average Bonchev–Trinajstić information content (AvgIpc) is 2.70. The summed E-state index contributed by atoms with van der Waals surface area (Å²) in [6.07, 6.45) is -2.03. The fourth-order valence-corrected chi connectivity index (χ4v) is 3.27. The first kappa shape index (κ1) is 19.5. The minimum atomic E-state index is -4.49. The molecule has 0 spiro atoms. The molecule has 5 nitrogen and oxygen atoms in total. The van der Waals surface area contributed by atoms with E-state index in [0.717, 1.165) is 37.9 Å². The summed E-state index contributed by atoms with van der Waals surface area (Å²) in [4.78, 5) is 14.7. The van der Waals surface area contributed by atoms with Gasteiger partial charge in [0.15, 0.2) is 0 Å². The first-order chi connectivity index (χ1) is 11.6. The molecule has 2 N–H and O–H groups in total. The van der Waals surface area contributed by atoms with Crippen LogP contribution in [0.2, 0.25) is 0 Å². The van der Waals surface area contributed by atoms with Crippen molar-refractivity contribution >= 4 is 5.97 Å². The predicted octanol–water partition coefficient (Wildman–Crippen LogP) is 2.78. The maximum absolute atomic E-state index is 12.9. The number of aromatic hydroxyl groups is 1. The van der Waals surface area contributed by atoms with Crippen LogP contribution in [0.5, 0.6) is 5.75 Å². The van der Waals surface area contributed by atoms with E-state index in [1.165, 1.54) is 6.07 Å². The van der Waals surface area contributed by atoms with Gasteiger partial charge in [0, 0.05) is 12.6 Å². The van der Waals surface area contributed by atoms with E-state index in [9.17, 15) is 23.1 Å². The quantitative estimate of drug-likeness (QED) is 0.845. The van der Waals surface area contributed by atoms with Gasteiger partial charge in [-0.25, -0.2) is 0 Å². The highest BCUT2D eigenvalue weighted by molar-refractivity contribution is 5.69. The van der Waals surface area contributed by atoms with E-state index in [2.05, 4.69) is 0 Å². The third kappa shape index (κ3) is 5.89. The number of alkyl halides is 3. The molecule has 140 valence electrons. The fourth-order valence-electron chi connectivity index (χ4n) is 3.27. The molecule has 1 aromatic rings. The van der Waals surface area contributed by atoms with Crippen molar-refractivity contribution in [2.24, 2.45) is 0 Å². The van der Waals surface area contributed by atoms with Gasteiger partial charge in [0.2, 0.25) is 0 Å². The maximum atomic E-state index is 12.9. The van der Waals surface area contributed by atoms with Crippen LogP contribution < -0.4 is 0 Å². The van der Waals surface area contributed by atoms with Crippen LogP contribution in [0, 0.1) is 0 Å². The molecule has 0 amide bonds. The van der Waals surface area contributed by atoms with Gasteiger partial charge in [-0.15, -0.1) is 0 Å². The van der Waals surface area contributed by atoms with Crippen LogP contribution in [0.25, 0.3) is 0 Å². The van der Waals surface area contributed by atoms with Crippen LogP contribution in [-0.4, -0.2) is 58.7 Å². The molecule has 1 aliphatic heterocycles. The molecule has 0 saturated carbocycles. The lowest BCUT2D eigenvalue weighted by Gasteiger charge is -2.25. The number of nitrogens with zero attached hydrogens (tertiary/aromatic N) is 2.